The van der Waals surface area contributed by atoms with Crippen LogP contribution in [0.5, 0.6) is 11.5 Å². The highest BCUT2D eigenvalue weighted by Gasteiger charge is 2.21. The van der Waals surface area contributed by atoms with E-state index in [1.54, 1.807) is 14.2 Å². The molecule has 0 spiro atoms. The highest BCUT2D eigenvalue weighted by atomic mass is 35.5. The highest BCUT2D eigenvalue weighted by Crippen LogP contribution is 2.27. The van der Waals surface area contributed by atoms with E-state index in [1.807, 2.05) is 42.5 Å². The summed E-state index contributed by atoms with van der Waals surface area (Å²) in [6.45, 7) is 6.51. The Hall–Kier alpha value is -2.24. The Balaban J connectivity index is 2.01. The smallest absolute Gasteiger partial charge is 0.220 e. The summed E-state index contributed by atoms with van der Waals surface area (Å²) in [5, 5.41) is 3.81. The Morgan fingerprint density at radius 1 is 1.07 bits per heavy atom. The van der Waals surface area contributed by atoms with Gasteiger partial charge >= 0.3 is 0 Å². The van der Waals surface area contributed by atoms with E-state index in [0.717, 1.165) is 40.7 Å². The number of nitrogens with one attached hydrogen (secondary N) is 1. The molecule has 0 aromatic heterocycles. The van der Waals surface area contributed by atoms with Crippen LogP contribution < -0.4 is 14.8 Å². The topological polar surface area (TPSA) is 50.8 Å². The van der Waals surface area contributed by atoms with Crippen LogP contribution in [0, 0.1) is 0 Å². The molecule has 0 aliphatic rings. The first-order chi connectivity index (χ1) is 14.0. The lowest BCUT2D eigenvalue weighted by molar-refractivity contribution is -0.121. The van der Waals surface area contributed by atoms with E-state index in [1.165, 1.54) is 0 Å². The molecule has 5 nitrogen and oxygen atoms in total. The van der Waals surface area contributed by atoms with Gasteiger partial charge in [-0.15, -0.1) is 0 Å². The van der Waals surface area contributed by atoms with Crippen LogP contribution in [0.3, 0.4) is 0 Å². The third kappa shape index (κ3) is 6.65. The number of halogens is 1. The quantitative estimate of drug-likeness (QED) is 0.584. The van der Waals surface area contributed by atoms with Gasteiger partial charge in [-0.2, -0.15) is 0 Å². The molecule has 158 valence electrons. The van der Waals surface area contributed by atoms with E-state index >= 15 is 0 Å². The first-order valence-corrected chi connectivity index (χ1v) is 10.4. The summed E-state index contributed by atoms with van der Waals surface area (Å²) >= 11 is 6.43. The van der Waals surface area contributed by atoms with Crippen molar-refractivity contribution < 1.29 is 14.3 Å². The summed E-state index contributed by atoms with van der Waals surface area (Å²) in [6, 6.07) is 13.5. The van der Waals surface area contributed by atoms with Crippen LogP contribution in [0.4, 0.5) is 0 Å². The number of carbonyl (C=O) groups excluding carboxylic acids is 1. The normalized spacial score (nSPS) is 11.9. The van der Waals surface area contributed by atoms with Gasteiger partial charge in [-0.1, -0.05) is 43.6 Å². The number of likely N-dealkylation sites (N-methyl/N-ethyl adjacent to an activating group) is 1. The maximum absolute atomic E-state index is 12.5. The number of rotatable bonds is 11. The Kier molecular flexibility index (Phi) is 9.29. The number of aryl methyl sites for hydroxylation is 1. The zero-order valence-electron chi connectivity index (χ0n) is 17.7. The lowest BCUT2D eigenvalue weighted by Crippen LogP contribution is -2.38. The van der Waals surface area contributed by atoms with Crippen LogP contribution in [0.1, 0.15) is 37.4 Å². The van der Waals surface area contributed by atoms with Crippen molar-refractivity contribution in [2.45, 2.75) is 32.7 Å². The van der Waals surface area contributed by atoms with Gasteiger partial charge in [0.1, 0.15) is 11.5 Å². The lowest BCUT2D eigenvalue weighted by Gasteiger charge is -2.31. The Morgan fingerprint density at radius 2 is 1.69 bits per heavy atom. The third-order valence-corrected chi connectivity index (χ3v) is 5.41. The summed E-state index contributed by atoms with van der Waals surface area (Å²) in [5.41, 5.74) is 2.04. The predicted octanol–water partition coefficient (Wildman–Crippen LogP) is 4.49. The molecule has 0 bridgehead atoms. The van der Waals surface area contributed by atoms with Crippen molar-refractivity contribution in [3.8, 4) is 11.5 Å². The maximum atomic E-state index is 12.5. The average molecular weight is 419 g/mol. The molecule has 2 aromatic rings. The van der Waals surface area contributed by atoms with E-state index < -0.39 is 0 Å². The number of ether oxygens (including phenoxy) is 2. The van der Waals surface area contributed by atoms with Crippen molar-refractivity contribution in [2.75, 3.05) is 33.9 Å². The van der Waals surface area contributed by atoms with Gasteiger partial charge in [0.05, 0.1) is 20.3 Å². The molecule has 29 heavy (non-hydrogen) atoms. The molecule has 0 aliphatic heterocycles. The van der Waals surface area contributed by atoms with E-state index in [2.05, 4.69) is 24.1 Å². The number of hydrogen-bond donors (Lipinski definition) is 1. The summed E-state index contributed by atoms with van der Waals surface area (Å²) in [5.74, 6) is 1.45. The SMILES string of the molecule is CCN(CC)C(CNC(=O)CCc1cc(OC)cc(OC)c1)c1ccccc1Cl. The largest absolute Gasteiger partial charge is 0.497 e. The number of hydrogen-bond acceptors (Lipinski definition) is 4. The van der Waals surface area contributed by atoms with E-state index in [0.29, 0.717) is 19.4 Å². The molecule has 1 unspecified atom stereocenters. The summed E-state index contributed by atoms with van der Waals surface area (Å²) in [4.78, 5) is 14.8. The fourth-order valence-corrected chi connectivity index (χ4v) is 3.67. The number of nitrogens with zero attached hydrogens (tertiary/aromatic N) is 1. The molecule has 1 atom stereocenters. The van der Waals surface area contributed by atoms with E-state index in [9.17, 15) is 4.79 Å². The molecule has 0 heterocycles. The fourth-order valence-electron chi connectivity index (χ4n) is 3.41. The zero-order chi connectivity index (χ0) is 21.2. The van der Waals surface area contributed by atoms with Crippen LogP contribution in [0.15, 0.2) is 42.5 Å². The second kappa shape index (κ2) is 11.7. The monoisotopic (exact) mass is 418 g/mol. The Bertz CT molecular complexity index is 771. The molecule has 0 fully saturated rings. The van der Waals surface area contributed by atoms with Crippen molar-refractivity contribution in [3.05, 3.63) is 58.6 Å². The van der Waals surface area contributed by atoms with Gasteiger partial charge in [0.25, 0.3) is 0 Å². The molecule has 0 radical (unpaired) electrons. The lowest BCUT2D eigenvalue weighted by atomic mass is 10.0. The summed E-state index contributed by atoms with van der Waals surface area (Å²) < 4.78 is 10.6. The van der Waals surface area contributed by atoms with Gasteiger partial charge in [-0.25, -0.2) is 0 Å². The van der Waals surface area contributed by atoms with Crippen LogP contribution >= 0.6 is 11.6 Å². The molecule has 1 amide bonds. The zero-order valence-corrected chi connectivity index (χ0v) is 18.5. The van der Waals surface area contributed by atoms with Crippen LogP contribution in [-0.4, -0.2) is 44.7 Å². The Labute approximate surface area is 179 Å². The van der Waals surface area contributed by atoms with E-state index in [4.69, 9.17) is 21.1 Å². The van der Waals surface area contributed by atoms with Crippen LogP contribution in [0.25, 0.3) is 0 Å². The van der Waals surface area contributed by atoms with Crippen molar-refractivity contribution in [1.29, 1.82) is 0 Å². The molecule has 1 N–H and O–H groups in total. The van der Waals surface area contributed by atoms with Crippen molar-refractivity contribution >= 4 is 17.5 Å². The van der Waals surface area contributed by atoms with Gasteiger partial charge in [-0.3, -0.25) is 9.69 Å². The maximum Gasteiger partial charge on any atom is 0.220 e. The van der Waals surface area contributed by atoms with Crippen molar-refractivity contribution in [3.63, 3.8) is 0 Å². The van der Waals surface area contributed by atoms with Gasteiger partial charge in [-0.05, 0) is 48.8 Å². The second-order valence-electron chi connectivity index (χ2n) is 6.78. The van der Waals surface area contributed by atoms with Crippen LogP contribution in [0.2, 0.25) is 5.02 Å². The van der Waals surface area contributed by atoms with E-state index in [-0.39, 0.29) is 11.9 Å². The first-order valence-electron chi connectivity index (χ1n) is 9.99. The van der Waals surface area contributed by atoms with Crippen molar-refractivity contribution in [2.24, 2.45) is 0 Å². The number of benzene rings is 2. The molecular formula is C23H31ClN2O3. The minimum Gasteiger partial charge on any atom is -0.497 e. The Morgan fingerprint density at radius 3 is 2.24 bits per heavy atom. The van der Waals surface area contributed by atoms with Crippen molar-refractivity contribution in [1.82, 2.24) is 10.2 Å². The van der Waals surface area contributed by atoms with Gasteiger partial charge < -0.3 is 14.8 Å². The minimum absolute atomic E-state index is 0.0102. The molecule has 2 aromatic carbocycles. The first kappa shape index (κ1) is 23.0. The number of carbonyl (C=O) groups is 1. The summed E-state index contributed by atoms with van der Waals surface area (Å²) in [7, 11) is 3.24. The standard InChI is InChI=1S/C23H31ClN2O3/c1-5-26(6-2)22(20-9-7-8-10-21(20)24)16-25-23(27)12-11-17-13-18(28-3)15-19(14-17)29-4/h7-10,13-15,22H,5-6,11-12,16H2,1-4H3,(H,25,27). The molecular weight excluding hydrogens is 388 g/mol. The molecule has 6 heteroatoms. The van der Waals surface area contributed by atoms with Gasteiger partial charge in [0, 0.05) is 24.1 Å². The molecule has 2 rings (SSSR count). The third-order valence-electron chi connectivity index (χ3n) is 5.06. The number of methoxy groups -OCH3 is 2. The number of amides is 1. The fraction of sp³-hybridized carbons (Fsp3) is 0.435. The van der Waals surface area contributed by atoms with Gasteiger partial charge in [0.2, 0.25) is 5.91 Å². The molecule has 0 saturated heterocycles. The average Bonchev–Trinajstić information content (AvgIpc) is 2.75. The summed E-state index contributed by atoms with van der Waals surface area (Å²) in [6.07, 6.45) is 1.01. The molecule has 0 saturated carbocycles. The predicted molar refractivity (Wildman–Crippen MR) is 118 cm³/mol. The minimum atomic E-state index is 0.0102. The highest BCUT2D eigenvalue weighted by molar-refractivity contribution is 6.31. The molecule has 0 aliphatic carbocycles. The van der Waals surface area contributed by atoms with Crippen LogP contribution in [-0.2, 0) is 11.2 Å². The van der Waals surface area contributed by atoms with Gasteiger partial charge in [0.15, 0.2) is 0 Å². The second-order valence-corrected chi connectivity index (χ2v) is 7.19.